The van der Waals surface area contributed by atoms with Crippen LogP contribution >= 0.6 is 11.3 Å². The van der Waals surface area contributed by atoms with Gasteiger partial charge in [-0.15, -0.1) is 11.3 Å². The number of carbonyl (C=O) groups is 1. The van der Waals surface area contributed by atoms with E-state index < -0.39 is 11.6 Å². The van der Waals surface area contributed by atoms with Gasteiger partial charge < -0.3 is 18.9 Å². The molecule has 5 heterocycles. The fourth-order valence-electron chi connectivity index (χ4n) is 6.11. The van der Waals surface area contributed by atoms with Gasteiger partial charge in [-0.05, 0) is 42.6 Å². The van der Waals surface area contributed by atoms with Crippen LogP contribution in [0.5, 0.6) is 5.75 Å². The van der Waals surface area contributed by atoms with Crippen molar-refractivity contribution in [1.29, 1.82) is 0 Å². The van der Waals surface area contributed by atoms with Crippen LogP contribution in [-0.2, 0) is 29.7 Å². The maximum Gasteiger partial charge on any atom is 0.260 e. The van der Waals surface area contributed by atoms with E-state index in [1.165, 1.54) is 35.4 Å². The molecule has 4 aromatic heterocycles. The molecule has 0 bridgehead atoms. The highest BCUT2D eigenvalue weighted by Gasteiger charge is 2.30. The van der Waals surface area contributed by atoms with E-state index in [9.17, 15) is 14.0 Å². The van der Waals surface area contributed by atoms with E-state index in [2.05, 4.69) is 11.6 Å². The minimum Gasteiger partial charge on any atom is -0.490 e. The Balaban J connectivity index is 1.50. The van der Waals surface area contributed by atoms with Crippen molar-refractivity contribution in [3.8, 4) is 39.5 Å². The largest absolute Gasteiger partial charge is 0.490 e. The van der Waals surface area contributed by atoms with Crippen molar-refractivity contribution in [3.05, 3.63) is 94.5 Å². The highest BCUT2D eigenvalue weighted by atomic mass is 32.1. The third-order valence-corrected chi connectivity index (χ3v) is 9.41. The summed E-state index contributed by atoms with van der Waals surface area (Å²) in [4.78, 5) is 36.7. The zero-order chi connectivity index (χ0) is 33.7. The van der Waals surface area contributed by atoms with Gasteiger partial charge in [-0.2, -0.15) is 5.10 Å². The number of pyridine rings is 1. The second-order valence-electron chi connectivity index (χ2n) is 11.6. The van der Waals surface area contributed by atoms with E-state index in [0.29, 0.717) is 62.3 Å². The molecule has 48 heavy (non-hydrogen) atoms. The van der Waals surface area contributed by atoms with Crippen molar-refractivity contribution in [2.75, 3.05) is 20.3 Å². The zero-order valence-electron chi connectivity index (χ0n) is 26.4. The molecule has 0 fully saturated rings. The van der Waals surface area contributed by atoms with Gasteiger partial charge in [0.15, 0.2) is 0 Å². The SMILES string of the molecule is C=CC(=O)N1Cc2cc(-c3nc(-c4ccc5c(=O)n(C)cnc5c4)c4ccsc4c3-c3c(F)cc(F)cc3OCCOC)nn2CC1C. The Hall–Kier alpha value is -5.27. The molecule has 13 heteroatoms. The summed E-state index contributed by atoms with van der Waals surface area (Å²) in [5, 5.41) is 7.96. The number of benzene rings is 2. The standard InChI is InChI=1S/C35H30F2N6O4S/c1-5-29(44)42-17-22-15-27(40-43(22)16-19(42)2)33-31(30-25(37)13-21(36)14-28(30)47-10-9-46-4)34-24(8-11-48-34)32(39-33)20-6-7-23-26(12-20)38-18-41(3)35(23)45/h5-8,11-15,18-19H,1,9-10,16-17H2,2-4H3. The fraction of sp³-hybridized carbons (Fsp3) is 0.229. The summed E-state index contributed by atoms with van der Waals surface area (Å²) in [6.07, 6.45) is 2.76. The number of rotatable bonds is 8. The Kier molecular flexibility index (Phi) is 8.09. The predicted octanol–water partition coefficient (Wildman–Crippen LogP) is 5.96. The molecule has 0 N–H and O–H groups in total. The molecule has 0 saturated carbocycles. The van der Waals surface area contributed by atoms with Crippen LogP contribution in [0.2, 0.25) is 0 Å². The van der Waals surface area contributed by atoms with Crippen LogP contribution in [0.1, 0.15) is 12.6 Å². The summed E-state index contributed by atoms with van der Waals surface area (Å²) in [7, 11) is 3.15. The number of carbonyl (C=O) groups excluding carboxylic acids is 1. The van der Waals surface area contributed by atoms with Crippen LogP contribution in [0, 0.1) is 11.6 Å². The number of hydrogen-bond donors (Lipinski definition) is 0. The average molecular weight is 669 g/mol. The molecule has 0 radical (unpaired) electrons. The average Bonchev–Trinajstić information content (AvgIpc) is 3.73. The van der Waals surface area contributed by atoms with Crippen LogP contribution in [0.4, 0.5) is 8.78 Å². The van der Waals surface area contributed by atoms with Crippen molar-refractivity contribution in [2.24, 2.45) is 7.05 Å². The summed E-state index contributed by atoms with van der Waals surface area (Å²) in [5.74, 6) is -1.80. The van der Waals surface area contributed by atoms with Crippen LogP contribution in [-0.4, -0.2) is 61.5 Å². The number of halogens is 2. The molecule has 1 unspecified atom stereocenters. The summed E-state index contributed by atoms with van der Waals surface area (Å²) < 4.78 is 45.7. The van der Waals surface area contributed by atoms with Crippen LogP contribution < -0.4 is 10.3 Å². The van der Waals surface area contributed by atoms with Gasteiger partial charge >= 0.3 is 0 Å². The smallest absolute Gasteiger partial charge is 0.260 e. The first-order chi connectivity index (χ1) is 23.2. The molecule has 1 aliphatic rings. The van der Waals surface area contributed by atoms with Gasteiger partial charge in [0, 0.05) is 53.5 Å². The Morgan fingerprint density at radius 3 is 2.73 bits per heavy atom. The summed E-state index contributed by atoms with van der Waals surface area (Å²) >= 11 is 1.38. The molecule has 7 rings (SSSR count). The number of amides is 1. The van der Waals surface area contributed by atoms with Gasteiger partial charge in [0.1, 0.15) is 35.4 Å². The number of ether oxygens (including phenoxy) is 2. The first-order valence-corrected chi connectivity index (χ1v) is 16.0. The Labute approximate surface area is 277 Å². The van der Waals surface area contributed by atoms with Crippen molar-refractivity contribution >= 4 is 38.2 Å². The summed E-state index contributed by atoms with van der Waals surface area (Å²) in [6.45, 7) is 6.57. The van der Waals surface area contributed by atoms with Crippen molar-refractivity contribution in [1.82, 2.24) is 29.2 Å². The van der Waals surface area contributed by atoms with E-state index in [-0.39, 0.29) is 42.0 Å². The Morgan fingerprint density at radius 1 is 1.10 bits per heavy atom. The summed E-state index contributed by atoms with van der Waals surface area (Å²) in [6, 6.07) is 10.9. The zero-order valence-corrected chi connectivity index (χ0v) is 27.2. The molecule has 0 spiro atoms. The van der Waals surface area contributed by atoms with Gasteiger partial charge in [-0.25, -0.2) is 18.7 Å². The normalized spacial score (nSPS) is 14.4. The predicted molar refractivity (Wildman–Crippen MR) is 180 cm³/mol. The number of thiophene rings is 1. The van der Waals surface area contributed by atoms with E-state index in [0.717, 1.165) is 17.8 Å². The quantitative estimate of drug-likeness (QED) is 0.146. The highest BCUT2D eigenvalue weighted by Crippen LogP contribution is 2.47. The van der Waals surface area contributed by atoms with Gasteiger partial charge in [-0.3, -0.25) is 14.3 Å². The van der Waals surface area contributed by atoms with Crippen molar-refractivity contribution in [3.63, 3.8) is 0 Å². The van der Waals surface area contributed by atoms with Gasteiger partial charge in [-0.1, -0.05) is 12.6 Å². The Morgan fingerprint density at radius 2 is 1.94 bits per heavy atom. The molecule has 244 valence electrons. The number of aryl methyl sites for hydroxylation is 1. The first kappa shape index (κ1) is 31.3. The monoisotopic (exact) mass is 668 g/mol. The second-order valence-corrected chi connectivity index (χ2v) is 12.5. The van der Waals surface area contributed by atoms with E-state index in [1.807, 2.05) is 35.2 Å². The maximum absolute atomic E-state index is 16.1. The number of nitrogens with zero attached hydrogens (tertiary/aromatic N) is 6. The van der Waals surface area contributed by atoms with Gasteiger partial charge in [0.25, 0.3) is 5.56 Å². The Bertz CT molecular complexity index is 2310. The van der Waals surface area contributed by atoms with E-state index in [4.69, 9.17) is 19.6 Å². The molecule has 0 aliphatic carbocycles. The highest BCUT2D eigenvalue weighted by molar-refractivity contribution is 7.18. The third kappa shape index (κ3) is 5.34. The lowest BCUT2D eigenvalue weighted by atomic mass is 9.96. The van der Waals surface area contributed by atoms with E-state index >= 15 is 4.39 Å². The lowest BCUT2D eigenvalue weighted by Crippen LogP contribution is -2.44. The van der Waals surface area contributed by atoms with Crippen LogP contribution in [0.15, 0.2) is 71.6 Å². The molecule has 10 nitrogen and oxygen atoms in total. The van der Waals surface area contributed by atoms with Crippen molar-refractivity contribution < 1.29 is 23.0 Å². The maximum atomic E-state index is 16.1. The molecular weight excluding hydrogens is 638 g/mol. The topological polar surface area (TPSA) is 104 Å². The van der Waals surface area contributed by atoms with Crippen LogP contribution in [0.3, 0.4) is 0 Å². The van der Waals surface area contributed by atoms with Crippen LogP contribution in [0.25, 0.3) is 54.8 Å². The number of aromatic nitrogens is 5. The molecule has 1 amide bonds. The fourth-order valence-corrected chi connectivity index (χ4v) is 7.06. The molecule has 0 saturated heterocycles. The van der Waals surface area contributed by atoms with Crippen molar-refractivity contribution in [2.45, 2.75) is 26.1 Å². The van der Waals surface area contributed by atoms with E-state index in [1.54, 1.807) is 24.1 Å². The number of hydrogen-bond acceptors (Lipinski definition) is 8. The molecule has 2 aromatic carbocycles. The lowest BCUT2D eigenvalue weighted by Gasteiger charge is -2.33. The molecule has 1 aliphatic heterocycles. The van der Waals surface area contributed by atoms with Gasteiger partial charge in [0.05, 0.1) is 53.9 Å². The minimum absolute atomic E-state index is 0.00106. The number of methoxy groups -OCH3 is 1. The number of fused-ring (bicyclic) bond motifs is 3. The van der Waals surface area contributed by atoms with Gasteiger partial charge in [0.2, 0.25) is 5.91 Å². The molecular formula is C35H30F2N6O4S. The lowest BCUT2D eigenvalue weighted by molar-refractivity contribution is -0.129. The third-order valence-electron chi connectivity index (χ3n) is 8.48. The molecule has 1 atom stereocenters. The minimum atomic E-state index is -0.820. The summed E-state index contributed by atoms with van der Waals surface area (Å²) in [5.41, 5.74) is 3.57. The second kappa shape index (κ2) is 12.4. The first-order valence-electron chi connectivity index (χ1n) is 15.2. The molecule has 6 aromatic rings.